The smallest absolute Gasteiger partial charge is 0.255 e. The van der Waals surface area contributed by atoms with E-state index >= 15 is 0 Å². The average Bonchev–Trinajstić information content (AvgIpc) is 2.68. The minimum Gasteiger partial charge on any atom is -0.323 e. The number of hydrogen-bond acceptors (Lipinski definition) is 2. The van der Waals surface area contributed by atoms with Crippen LogP contribution >= 0.6 is 0 Å². The van der Waals surface area contributed by atoms with Gasteiger partial charge >= 0.3 is 0 Å². The van der Waals surface area contributed by atoms with E-state index in [1.54, 1.807) is 30.3 Å². The summed E-state index contributed by atoms with van der Waals surface area (Å²) in [6.45, 7) is 0. The van der Waals surface area contributed by atoms with Crippen LogP contribution in [0.5, 0.6) is 0 Å². The second-order valence-corrected chi connectivity index (χ2v) is 5.63. The van der Waals surface area contributed by atoms with Gasteiger partial charge in [-0.15, -0.1) is 0 Å². The van der Waals surface area contributed by atoms with E-state index in [0.29, 0.717) is 11.3 Å². The van der Waals surface area contributed by atoms with Gasteiger partial charge in [-0.2, -0.15) is 0 Å². The first-order valence-electron chi connectivity index (χ1n) is 8.21. The Morgan fingerprint density at radius 1 is 0.654 bits per heavy atom. The van der Waals surface area contributed by atoms with Gasteiger partial charge in [-0.3, -0.25) is 9.59 Å². The highest BCUT2D eigenvalue weighted by molar-refractivity contribution is 6.05. The van der Waals surface area contributed by atoms with Gasteiger partial charge in [0.15, 0.2) is 0 Å². The van der Waals surface area contributed by atoms with E-state index in [1.165, 1.54) is 6.08 Å². The largest absolute Gasteiger partial charge is 0.323 e. The zero-order chi connectivity index (χ0) is 18.2. The summed E-state index contributed by atoms with van der Waals surface area (Å²) in [5.74, 6) is -0.423. The Hall–Kier alpha value is -3.66. The van der Waals surface area contributed by atoms with Crippen LogP contribution in [0.15, 0.2) is 91.0 Å². The number of rotatable bonds is 5. The predicted octanol–water partition coefficient (Wildman–Crippen LogP) is 4.59. The number of anilines is 2. The number of nitrogens with one attached hydrogen (secondary N) is 2. The monoisotopic (exact) mass is 342 g/mol. The molecule has 0 aliphatic carbocycles. The van der Waals surface area contributed by atoms with Crippen LogP contribution in [0.25, 0.3) is 6.08 Å². The van der Waals surface area contributed by atoms with Crippen molar-refractivity contribution in [3.05, 3.63) is 102 Å². The fourth-order valence-corrected chi connectivity index (χ4v) is 2.35. The summed E-state index contributed by atoms with van der Waals surface area (Å²) in [6, 6.07) is 25.6. The molecule has 3 aromatic rings. The number of hydrogen-bond donors (Lipinski definition) is 2. The van der Waals surface area contributed by atoms with Gasteiger partial charge in [0.2, 0.25) is 5.91 Å². The molecular weight excluding hydrogens is 324 g/mol. The first-order valence-corrected chi connectivity index (χ1v) is 8.21. The van der Waals surface area contributed by atoms with E-state index in [4.69, 9.17) is 0 Å². The molecule has 128 valence electrons. The summed E-state index contributed by atoms with van der Waals surface area (Å²) in [6.07, 6.45) is 3.22. The lowest BCUT2D eigenvalue weighted by molar-refractivity contribution is -0.111. The Morgan fingerprint density at radius 2 is 1.23 bits per heavy atom. The van der Waals surface area contributed by atoms with Crippen LogP contribution in [0.2, 0.25) is 0 Å². The maximum absolute atomic E-state index is 12.2. The van der Waals surface area contributed by atoms with Crippen LogP contribution in [0.1, 0.15) is 15.9 Å². The van der Waals surface area contributed by atoms with Crippen molar-refractivity contribution in [2.75, 3.05) is 10.6 Å². The van der Waals surface area contributed by atoms with E-state index in [1.807, 2.05) is 60.7 Å². The Labute approximate surface area is 152 Å². The van der Waals surface area contributed by atoms with Crippen molar-refractivity contribution in [2.24, 2.45) is 0 Å². The summed E-state index contributed by atoms with van der Waals surface area (Å²) in [5.41, 5.74) is 2.84. The molecular formula is C22H18N2O2. The third-order valence-electron chi connectivity index (χ3n) is 3.67. The number of amides is 2. The molecule has 0 saturated heterocycles. The second kappa shape index (κ2) is 8.44. The minimum absolute atomic E-state index is 0.196. The number of para-hydroxylation sites is 1. The van der Waals surface area contributed by atoms with Crippen molar-refractivity contribution >= 4 is 29.3 Å². The molecule has 26 heavy (non-hydrogen) atoms. The molecule has 0 aromatic heterocycles. The predicted molar refractivity (Wildman–Crippen MR) is 105 cm³/mol. The fraction of sp³-hybridized carbons (Fsp3) is 0. The zero-order valence-electron chi connectivity index (χ0n) is 14.1. The van der Waals surface area contributed by atoms with Crippen molar-refractivity contribution in [1.82, 2.24) is 0 Å². The molecule has 0 bridgehead atoms. The highest BCUT2D eigenvalue weighted by atomic mass is 16.2. The maximum atomic E-state index is 12.2. The lowest BCUT2D eigenvalue weighted by atomic mass is 10.2. The average molecular weight is 342 g/mol. The molecule has 0 aliphatic heterocycles. The Balaban J connectivity index is 1.58. The molecule has 4 heteroatoms. The molecule has 0 heterocycles. The zero-order valence-corrected chi connectivity index (χ0v) is 14.1. The van der Waals surface area contributed by atoms with Gasteiger partial charge in [0, 0.05) is 23.0 Å². The van der Waals surface area contributed by atoms with Gasteiger partial charge in [0.25, 0.3) is 5.91 Å². The van der Waals surface area contributed by atoms with Gasteiger partial charge < -0.3 is 10.6 Å². The lowest BCUT2D eigenvalue weighted by Gasteiger charge is -2.06. The minimum atomic E-state index is -0.227. The van der Waals surface area contributed by atoms with Gasteiger partial charge in [-0.05, 0) is 48.0 Å². The molecule has 3 rings (SSSR count). The Bertz CT molecular complexity index is 902. The van der Waals surface area contributed by atoms with E-state index in [-0.39, 0.29) is 11.8 Å². The first-order chi connectivity index (χ1) is 12.7. The van der Waals surface area contributed by atoms with Crippen molar-refractivity contribution < 1.29 is 9.59 Å². The van der Waals surface area contributed by atoms with Gasteiger partial charge in [-0.25, -0.2) is 0 Å². The summed E-state index contributed by atoms with van der Waals surface area (Å²) < 4.78 is 0. The molecule has 0 radical (unpaired) electrons. The summed E-state index contributed by atoms with van der Waals surface area (Å²) in [4.78, 5) is 24.2. The highest BCUT2D eigenvalue weighted by Crippen LogP contribution is 2.13. The standard InChI is InChI=1S/C22H18N2O2/c25-21(16-11-17-7-3-1-4-8-17)23-20-14-12-18(13-15-20)22(26)24-19-9-5-2-6-10-19/h1-16H,(H,23,25)(H,24,26)/b16-11+. The molecule has 0 atom stereocenters. The van der Waals surface area contributed by atoms with E-state index in [0.717, 1.165) is 11.3 Å². The number of benzene rings is 3. The van der Waals surface area contributed by atoms with E-state index in [2.05, 4.69) is 10.6 Å². The maximum Gasteiger partial charge on any atom is 0.255 e. The Kier molecular flexibility index (Phi) is 5.58. The van der Waals surface area contributed by atoms with Crippen LogP contribution in [-0.4, -0.2) is 11.8 Å². The molecule has 0 aliphatic rings. The quantitative estimate of drug-likeness (QED) is 0.666. The number of carbonyl (C=O) groups is 2. The lowest BCUT2D eigenvalue weighted by Crippen LogP contribution is -2.12. The molecule has 4 nitrogen and oxygen atoms in total. The van der Waals surface area contributed by atoms with Crippen LogP contribution in [0.4, 0.5) is 11.4 Å². The summed E-state index contributed by atoms with van der Waals surface area (Å²) in [5, 5.41) is 5.59. The van der Waals surface area contributed by atoms with Crippen LogP contribution < -0.4 is 10.6 Å². The van der Waals surface area contributed by atoms with Crippen LogP contribution in [0.3, 0.4) is 0 Å². The van der Waals surface area contributed by atoms with Gasteiger partial charge in [0.05, 0.1) is 0 Å². The van der Waals surface area contributed by atoms with Gasteiger partial charge in [0.1, 0.15) is 0 Å². The SMILES string of the molecule is O=C(/C=C/c1ccccc1)Nc1ccc(C(=O)Nc2ccccc2)cc1. The van der Waals surface area contributed by atoms with Crippen molar-refractivity contribution in [3.63, 3.8) is 0 Å². The first kappa shape index (κ1) is 17.2. The summed E-state index contributed by atoms with van der Waals surface area (Å²) in [7, 11) is 0. The van der Waals surface area contributed by atoms with Crippen LogP contribution in [0, 0.1) is 0 Å². The third kappa shape index (κ3) is 4.92. The Morgan fingerprint density at radius 3 is 1.88 bits per heavy atom. The van der Waals surface area contributed by atoms with Crippen molar-refractivity contribution in [3.8, 4) is 0 Å². The second-order valence-electron chi connectivity index (χ2n) is 5.63. The van der Waals surface area contributed by atoms with Gasteiger partial charge in [-0.1, -0.05) is 48.5 Å². The normalized spacial score (nSPS) is 10.5. The fourth-order valence-electron chi connectivity index (χ4n) is 2.35. The topological polar surface area (TPSA) is 58.2 Å². The van der Waals surface area contributed by atoms with E-state index < -0.39 is 0 Å². The molecule has 0 spiro atoms. The molecule has 2 N–H and O–H groups in total. The molecule has 0 fully saturated rings. The van der Waals surface area contributed by atoms with E-state index in [9.17, 15) is 9.59 Å². The van der Waals surface area contributed by atoms with Crippen LogP contribution in [-0.2, 0) is 4.79 Å². The molecule has 3 aromatic carbocycles. The van der Waals surface area contributed by atoms with Crippen molar-refractivity contribution in [1.29, 1.82) is 0 Å². The molecule has 2 amide bonds. The third-order valence-corrected chi connectivity index (χ3v) is 3.67. The molecule has 0 saturated carbocycles. The highest BCUT2D eigenvalue weighted by Gasteiger charge is 2.06. The summed E-state index contributed by atoms with van der Waals surface area (Å²) >= 11 is 0. The number of carbonyl (C=O) groups excluding carboxylic acids is 2. The molecule has 0 unspecified atom stereocenters. The van der Waals surface area contributed by atoms with Crippen molar-refractivity contribution in [2.45, 2.75) is 0 Å².